The van der Waals surface area contributed by atoms with Crippen molar-refractivity contribution in [2.45, 2.75) is 46.0 Å². The molecular formula is C19H23F3N2O2. The molecule has 2 N–H and O–H groups in total. The molecule has 4 nitrogen and oxygen atoms in total. The van der Waals surface area contributed by atoms with Crippen molar-refractivity contribution in [1.29, 1.82) is 0 Å². The fraction of sp³-hybridized carbons (Fsp3) is 0.474. The molecule has 26 heavy (non-hydrogen) atoms. The number of hydrogen-bond acceptors (Lipinski definition) is 2. The number of carbonyl (C=O) groups excluding carboxylic acids is 2. The number of hydrogen-bond donors (Lipinski definition) is 2. The number of allylic oxidation sites excluding steroid dienone is 1. The van der Waals surface area contributed by atoms with Crippen LogP contribution in [-0.4, -0.2) is 18.4 Å². The predicted octanol–water partition coefficient (Wildman–Crippen LogP) is 4.08. The van der Waals surface area contributed by atoms with E-state index in [9.17, 15) is 22.8 Å². The maximum absolute atomic E-state index is 13.7. The number of carbonyl (C=O) groups is 2. The van der Waals surface area contributed by atoms with E-state index >= 15 is 0 Å². The molecule has 0 spiro atoms. The van der Waals surface area contributed by atoms with E-state index in [1.54, 1.807) is 0 Å². The normalized spacial score (nSPS) is 14.6. The second-order valence-electron chi connectivity index (χ2n) is 6.92. The molecule has 0 saturated heterocycles. The van der Waals surface area contributed by atoms with Crippen LogP contribution in [0.4, 0.5) is 18.9 Å². The van der Waals surface area contributed by atoms with Crippen molar-refractivity contribution in [1.82, 2.24) is 5.32 Å². The lowest BCUT2D eigenvalue weighted by Gasteiger charge is -2.23. The Morgan fingerprint density at radius 3 is 2.46 bits per heavy atom. The Morgan fingerprint density at radius 2 is 1.81 bits per heavy atom. The fourth-order valence-electron chi connectivity index (χ4n) is 2.69. The van der Waals surface area contributed by atoms with Crippen molar-refractivity contribution >= 4 is 17.5 Å². The zero-order valence-electron chi connectivity index (χ0n) is 14.9. The zero-order chi connectivity index (χ0) is 19.3. The lowest BCUT2D eigenvalue weighted by molar-refractivity contribution is -0.138. The van der Waals surface area contributed by atoms with Crippen LogP contribution in [0.1, 0.15) is 46.0 Å². The lowest BCUT2D eigenvalue weighted by Crippen LogP contribution is -2.45. The maximum atomic E-state index is 13.7. The number of benzene rings is 1. The van der Waals surface area contributed by atoms with Gasteiger partial charge in [0.25, 0.3) is 0 Å². The molecule has 0 saturated carbocycles. The van der Waals surface area contributed by atoms with Gasteiger partial charge in [0.2, 0.25) is 11.8 Å². The number of anilines is 1. The molecule has 0 unspecified atom stereocenters. The highest BCUT2D eigenvalue weighted by molar-refractivity contribution is 6.09. The Labute approximate surface area is 150 Å². The molecule has 0 bridgehead atoms. The van der Waals surface area contributed by atoms with E-state index in [0.29, 0.717) is 12.6 Å². The minimum Gasteiger partial charge on any atom is -0.355 e. The number of halogens is 3. The van der Waals surface area contributed by atoms with Gasteiger partial charge in [-0.1, -0.05) is 11.6 Å². The first kappa shape index (κ1) is 20.0. The van der Waals surface area contributed by atoms with E-state index in [2.05, 4.69) is 16.7 Å². The molecule has 7 heteroatoms. The van der Waals surface area contributed by atoms with Crippen molar-refractivity contribution < 1.29 is 22.8 Å². The zero-order valence-corrected chi connectivity index (χ0v) is 14.9. The van der Waals surface area contributed by atoms with Gasteiger partial charge < -0.3 is 10.6 Å². The van der Waals surface area contributed by atoms with Crippen molar-refractivity contribution in [2.24, 2.45) is 5.41 Å². The van der Waals surface area contributed by atoms with Gasteiger partial charge >= 0.3 is 0 Å². The summed E-state index contributed by atoms with van der Waals surface area (Å²) in [7, 11) is 0. The highest BCUT2D eigenvalue weighted by Crippen LogP contribution is 2.24. The van der Waals surface area contributed by atoms with E-state index in [1.807, 2.05) is 0 Å². The predicted molar refractivity (Wildman–Crippen MR) is 92.9 cm³/mol. The van der Waals surface area contributed by atoms with Crippen molar-refractivity contribution in [3.8, 4) is 0 Å². The highest BCUT2D eigenvalue weighted by atomic mass is 19.2. The quantitative estimate of drug-likeness (QED) is 0.452. The summed E-state index contributed by atoms with van der Waals surface area (Å²) in [6, 6.07) is 1.62. The van der Waals surface area contributed by atoms with Crippen molar-refractivity contribution in [3.05, 3.63) is 41.2 Å². The molecule has 1 aromatic carbocycles. The van der Waals surface area contributed by atoms with Gasteiger partial charge in [-0.2, -0.15) is 0 Å². The van der Waals surface area contributed by atoms with E-state index in [0.717, 1.165) is 31.7 Å². The van der Waals surface area contributed by atoms with Crippen molar-refractivity contribution in [2.75, 3.05) is 11.9 Å². The van der Waals surface area contributed by atoms with Gasteiger partial charge in [-0.15, -0.1) is 0 Å². The van der Waals surface area contributed by atoms with Gasteiger partial charge in [-0.05, 0) is 58.1 Å². The van der Waals surface area contributed by atoms with Crippen LogP contribution >= 0.6 is 0 Å². The molecule has 0 aromatic heterocycles. The Kier molecular flexibility index (Phi) is 6.45. The Bertz CT molecular complexity index is 730. The first-order valence-corrected chi connectivity index (χ1v) is 8.64. The molecule has 0 radical (unpaired) electrons. The summed E-state index contributed by atoms with van der Waals surface area (Å²) in [4.78, 5) is 24.6. The smallest absolute Gasteiger partial charge is 0.239 e. The highest BCUT2D eigenvalue weighted by Gasteiger charge is 2.36. The van der Waals surface area contributed by atoms with Gasteiger partial charge in [0.15, 0.2) is 17.5 Å². The molecule has 0 heterocycles. The van der Waals surface area contributed by atoms with Gasteiger partial charge in [-0.3, -0.25) is 9.59 Å². The van der Waals surface area contributed by atoms with E-state index < -0.39 is 40.4 Å². The first-order valence-electron chi connectivity index (χ1n) is 8.64. The van der Waals surface area contributed by atoms with Crippen LogP contribution in [0.2, 0.25) is 0 Å². The molecule has 1 aromatic rings. The summed E-state index contributed by atoms with van der Waals surface area (Å²) in [5.41, 5.74) is -0.720. The van der Waals surface area contributed by atoms with Gasteiger partial charge in [0.1, 0.15) is 5.41 Å². The van der Waals surface area contributed by atoms with Crippen LogP contribution in [0, 0.1) is 22.9 Å². The van der Waals surface area contributed by atoms with Gasteiger partial charge in [-0.25, -0.2) is 13.2 Å². The van der Waals surface area contributed by atoms with Crippen LogP contribution in [-0.2, 0) is 9.59 Å². The summed E-state index contributed by atoms with van der Waals surface area (Å²) >= 11 is 0. The van der Waals surface area contributed by atoms with Gasteiger partial charge in [0.05, 0.1) is 5.69 Å². The van der Waals surface area contributed by atoms with Crippen LogP contribution in [0.3, 0.4) is 0 Å². The van der Waals surface area contributed by atoms with E-state index in [4.69, 9.17) is 0 Å². The molecule has 0 aliphatic heterocycles. The Balaban J connectivity index is 1.94. The third-order valence-corrected chi connectivity index (χ3v) is 4.54. The number of nitrogens with one attached hydrogen (secondary N) is 2. The Hall–Kier alpha value is -2.31. The molecular weight excluding hydrogens is 345 g/mol. The summed E-state index contributed by atoms with van der Waals surface area (Å²) in [6.07, 6.45) is 7.31. The summed E-state index contributed by atoms with van der Waals surface area (Å²) in [6.45, 7) is 3.17. The third-order valence-electron chi connectivity index (χ3n) is 4.54. The van der Waals surface area contributed by atoms with Crippen molar-refractivity contribution in [3.63, 3.8) is 0 Å². The first-order chi connectivity index (χ1) is 12.2. The van der Waals surface area contributed by atoms with Crippen LogP contribution in [0.5, 0.6) is 0 Å². The molecule has 2 rings (SSSR count). The lowest BCUT2D eigenvalue weighted by atomic mass is 9.90. The minimum atomic E-state index is -1.68. The summed E-state index contributed by atoms with van der Waals surface area (Å²) in [5, 5.41) is 4.85. The minimum absolute atomic E-state index is 0.404. The van der Waals surface area contributed by atoms with E-state index in [-0.39, 0.29) is 0 Å². The van der Waals surface area contributed by atoms with Crippen LogP contribution in [0.15, 0.2) is 23.8 Å². The average Bonchev–Trinajstić information content (AvgIpc) is 2.62. The second-order valence-corrected chi connectivity index (χ2v) is 6.92. The average molecular weight is 368 g/mol. The summed E-state index contributed by atoms with van der Waals surface area (Å²) < 4.78 is 39.9. The SMILES string of the molecule is CC(C)(C(=O)NCCC1=CCCCC1)C(=O)Nc1ccc(F)c(F)c1F. The second kappa shape index (κ2) is 8.38. The van der Waals surface area contributed by atoms with Crippen LogP contribution in [0.25, 0.3) is 0 Å². The molecule has 0 fully saturated rings. The molecule has 1 aliphatic rings. The maximum Gasteiger partial charge on any atom is 0.239 e. The third kappa shape index (κ3) is 4.65. The molecule has 142 valence electrons. The Morgan fingerprint density at radius 1 is 1.08 bits per heavy atom. The molecule has 0 atom stereocenters. The number of amides is 2. The molecule has 2 amide bonds. The monoisotopic (exact) mass is 368 g/mol. The van der Waals surface area contributed by atoms with Crippen LogP contribution < -0.4 is 10.6 Å². The fourth-order valence-corrected chi connectivity index (χ4v) is 2.69. The standard InChI is InChI=1S/C19H23F3N2O2/c1-19(2,17(25)23-11-10-12-6-4-3-5-7-12)18(26)24-14-9-8-13(20)15(21)16(14)22/h6,8-9H,3-5,7,10-11H2,1-2H3,(H,23,25)(H,24,26). The number of rotatable bonds is 6. The van der Waals surface area contributed by atoms with Gasteiger partial charge in [0, 0.05) is 6.54 Å². The topological polar surface area (TPSA) is 58.2 Å². The summed E-state index contributed by atoms with van der Waals surface area (Å²) in [5.74, 6) is -5.86. The molecule has 1 aliphatic carbocycles. The largest absolute Gasteiger partial charge is 0.355 e. The van der Waals surface area contributed by atoms with E-state index in [1.165, 1.54) is 25.8 Å².